The van der Waals surface area contributed by atoms with Crippen molar-refractivity contribution in [2.75, 3.05) is 0 Å². The number of terminal acetylenes is 1. The van der Waals surface area contributed by atoms with E-state index < -0.39 is 5.41 Å². The summed E-state index contributed by atoms with van der Waals surface area (Å²) in [5.74, 6) is 2.42. The first-order valence-corrected chi connectivity index (χ1v) is 4.21. The lowest BCUT2D eigenvalue weighted by Crippen LogP contribution is -2.14. The maximum Gasteiger partial charge on any atom is 0.123 e. The fourth-order valence-corrected chi connectivity index (χ4v) is 1.18. The summed E-state index contributed by atoms with van der Waals surface area (Å²) >= 11 is 0. The zero-order valence-corrected chi connectivity index (χ0v) is 8.19. The lowest BCUT2D eigenvalue weighted by molar-refractivity contribution is 0.613. The molecule has 0 nitrogen and oxygen atoms in total. The second-order valence-electron chi connectivity index (χ2n) is 3.79. The van der Waals surface area contributed by atoms with Crippen molar-refractivity contribution in [1.82, 2.24) is 0 Å². The normalized spacial score (nSPS) is 11.0. The van der Waals surface area contributed by atoms with Gasteiger partial charge in [0.15, 0.2) is 0 Å². The fraction of sp³-hybridized carbons (Fsp3) is 0.333. The van der Waals surface area contributed by atoms with E-state index in [0.29, 0.717) is 0 Å². The van der Waals surface area contributed by atoms with Crippen molar-refractivity contribution in [2.45, 2.75) is 26.2 Å². The van der Waals surface area contributed by atoms with Crippen LogP contribution in [0.15, 0.2) is 18.2 Å². The van der Waals surface area contributed by atoms with Crippen molar-refractivity contribution in [3.8, 4) is 12.3 Å². The zero-order valence-electron chi connectivity index (χ0n) is 8.19. The Morgan fingerprint density at radius 1 is 1.31 bits per heavy atom. The van der Waals surface area contributed by atoms with Crippen LogP contribution in [-0.2, 0) is 5.41 Å². The van der Waals surface area contributed by atoms with Gasteiger partial charge in [0.05, 0.1) is 5.41 Å². The zero-order chi connectivity index (χ0) is 10.1. The van der Waals surface area contributed by atoms with Crippen LogP contribution in [0.2, 0.25) is 0 Å². The number of benzene rings is 1. The van der Waals surface area contributed by atoms with Crippen molar-refractivity contribution < 1.29 is 4.39 Å². The largest absolute Gasteiger partial charge is 0.207 e. The SMILES string of the molecule is C#CC(C)(C)c1cc(C)cc(F)c1. The molecule has 0 N–H and O–H groups in total. The van der Waals surface area contributed by atoms with Gasteiger partial charge in [-0.3, -0.25) is 0 Å². The molecule has 0 heterocycles. The molecule has 0 aliphatic carbocycles. The predicted octanol–water partition coefficient (Wildman–Crippen LogP) is 3.04. The molecule has 1 aromatic rings. The highest BCUT2D eigenvalue weighted by atomic mass is 19.1. The average Bonchev–Trinajstić information content (AvgIpc) is 2.02. The number of hydrogen-bond acceptors (Lipinski definition) is 0. The Morgan fingerprint density at radius 2 is 1.92 bits per heavy atom. The van der Waals surface area contributed by atoms with Gasteiger partial charge in [0, 0.05) is 0 Å². The predicted molar refractivity (Wildman–Crippen MR) is 53.0 cm³/mol. The lowest BCUT2D eigenvalue weighted by Gasteiger charge is -2.18. The molecule has 1 heteroatoms. The minimum Gasteiger partial charge on any atom is -0.207 e. The molecule has 0 saturated heterocycles. The standard InChI is InChI=1S/C12H13F/c1-5-12(3,4)10-6-9(2)7-11(13)8-10/h1,6-8H,2-4H3. The minimum absolute atomic E-state index is 0.224. The second kappa shape index (κ2) is 3.22. The van der Waals surface area contributed by atoms with Crippen LogP contribution in [0.25, 0.3) is 0 Å². The van der Waals surface area contributed by atoms with Gasteiger partial charge < -0.3 is 0 Å². The molecule has 0 amide bonds. The van der Waals surface area contributed by atoms with Crippen LogP contribution in [0.4, 0.5) is 4.39 Å². The van der Waals surface area contributed by atoms with Crippen molar-refractivity contribution in [2.24, 2.45) is 0 Å². The number of halogens is 1. The number of rotatable bonds is 1. The first kappa shape index (κ1) is 9.80. The van der Waals surface area contributed by atoms with Crippen LogP contribution < -0.4 is 0 Å². The maximum absolute atomic E-state index is 13.0. The Morgan fingerprint density at radius 3 is 2.38 bits per heavy atom. The molecule has 1 rings (SSSR count). The lowest BCUT2D eigenvalue weighted by atomic mass is 9.85. The van der Waals surface area contributed by atoms with Crippen molar-refractivity contribution >= 4 is 0 Å². The molecule has 0 unspecified atom stereocenters. The van der Waals surface area contributed by atoms with Gasteiger partial charge in [0.25, 0.3) is 0 Å². The highest BCUT2D eigenvalue weighted by molar-refractivity contribution is 5.35. The van der Waals surface area contributed by atoms with Crippen molar-refractivity contribution in [3.05, 3.63) is 35.1 Å². The van der Waals surface area contributed by atoms with Crippen LogP contribution in [0, 0.1) is 25.1 Å². The Balaban J connectivity index is 3.25. The second-order valence-corrected chi connectivity index (χ2v) is 3.79. The summed E-state index contributed by atoms with van der Waals surface area (Å²) in [6.07, 6.45) is 5.37. The number of hydrogen-bond donors (Lipinski definition) is 0. The highest BCUT2D eigenvalue weighted by Crippen LogP contribution is 2.23. The third-order valence-electron chi connectivity index (χ3n) is 2.12. The molecule has 0 saturated carbocycles. The quantitative estimate of drug-likeness (QED) is 0.577. The van der Waals surface area contributed by atoms with Crippen molar-refractivity contribution in [1.29, 1.82) is 0 Å². The van der Waals surface area contributed by atoms with Gasteiger partial charge in [-0.05, 0) is 44.0 Å². The van der Waals surface area contributed by atoms with E-state index >= 15 is 0 Å². The molecule has 13 heavy (non-hydrogen) atoms. The highest BCUT2D eigenvalue weighted by Gasteiger charge is 2.17. The first-order valence-electron chi connectivity index (χ1n) is 4.21. The van der Waals surface area contributed by atoms with Gasteiger partial charge in [0.1, 0.15) is 5.82 Å². The van der Waals surface area contributed by atoms with Crippen LogP contribution in [0.5, 0.6) is 0 Å². The van der Waals surface area contributed by atoms with Crippen molar-refractivity contribution in [3.63, 3.8) is 0 Å². The average molecular weight is 176 g/mol. The summed E-state index contributed by atoms with van der Waals surface area (Å²) in [4.78, 5) is 0. The number of aryl methyl sites for hydroxylation is 1. The van der Waals surface area contributed by atoms with Gasteiger partial charge >= 0.3 is 0 Å². The van der Waals surface area contributed by atoms with E-state index in [0.717, 1.165) is 11.1 Å². The van der Waals surface area contributed by atoms with Gasteiger partial charge in [-0.15, -0.1) is 6.42 Å². The minimum atomic E-state index is -0.396. The molecule has 1 aromatic carbocycles. The van der Waals surface area contributed by atoms with Gasteiger partial charge in [-0.1, -0.05) is 12.0 Å². The fourth-order valence-electron chi connectivity index (χ4n) is 1.18. The van der Waals surface area contributed by atoms with E-state index in [9.17, 15) is 4.39 Å². The third-order valence-corrected chi connectivity index (χ3v) is 2.12. The van der Waals surface area contributed by atoms with Crippen LogP contribution in [-0.4, -0.2) is 0 Å². The van der Waals surface area contributed by atoms with E-state index in [4.69, 9.17) is 6.42 Å². The molecular weight excluding hydrogens is 163 g/mol. The van der Waals surface area contributed by atoms with Crippen LogP contribution in [0.3, 0.4) is 0 Å². The monoisotopic (exact) mass is 176 g/mol. The summed E-state index contributed by atoms with van der Waals surface area (Å²) in [7, 11) is 0. The van der Waals surface area contributed by atoms with Gasteiger partial charge in [-0.25, -0.2) is 4.39 Å². The molecule has 0 spiro atoms. The van der Waals surface area contributed by atoms with E-state index in [1.807, 2.05) is 26.8 Å². The Kier molecular flexibility index (Phi) is 2.43. The van der Waals surface area contributed by atoms with Crippen LogP contribution in [0.1, 0.15) is 25.0 Å². The van der Waals surface area contributed by atoms with Crippen LogP contribution >= 0.6 is 0 Å². The molecule has 0 aliphatic heterocycles. The van der Waals surface area contributed by atoms with Gasteiger partial charge in [0.2, 0.25) is 0 Å². The van der Waals surface area contributed by atoms with E-state index in [-0.39, 0.29) is 5.82 Å². The Labute approximate surface area is 78.8 Å². The molecule has 0 atom stereocenters. The molecule has 0 bridgehead atoms. The van der Waals surface area contributed by atoms with Gasteiger partial charge in [-0.2, -0.15) is 0 Å². The molecule has 0 radical (unpaired) electrons. The molecule has 0 fully saturated rings. The summed E-state index contributed by atoms with van der Waals surface area (Å²) < 4.78 is 13.0. The molecular formula is C12H13F. The summed E-state index contributed by atoms with van der Waals surface area (Å²) in [6, 6.07) is 4.91. The summed E-state index contributed by atoms with van der Waals surface area (Å²) in [5, 5.41) is 0. The summed E-state index contributed by atoms with van der Waals surface area (Å²) in [6.45, 7) is 5.67. The van der Waals surface area contributed by atoms with E-state index in [1.54, 1.807) is 0 Å². The third kappa shape index (κ3) is 2.09. The molecule has 0 aliphatic rings. The van der Waals surface area contributed by atoms with E-state index in [1.165, 1.54) is 12.1 Å². The molecule has 68 valence electrons. The van der Waals surface area contributed by atoms with E-state index in [2.05, 4.69) is 5.92 Å². The Bertz CT molecular complexity index is 336. The molecule has 0 aromatic heterocycles. The summed E-state index contributed by atoms with van der Waals surface area (Å²) in [5.41, 5.74) is 1.36. The maximum atomic E-state index is 13.0. The first-order chi connectivity index (χ1) is 5.95. The smallest absolute Gasteiger partial charge is 0.123 e. The topological polar surface area (TPSA) is 0 Å². The Hall–Kier alpha value is -1.29.